The van der Waals surface area contributed by atoms with E-state index in [1.54, 1.807) is 11.6 Å². The molecule has 1 aromatic heterocycles. The van der Waals surface area contributed by atoms with Crippen LogP contribution in [0.15, 0.2) is 11.6 Å². The van der Waals surface area contributed by atoms with Gasteiger partial charge in [-0.25, -0.2) is 4.98 Å². The lowest BCUT2D eigenvalue weighted by Gasteiger charge is -2.19. The molecule has 1 N–H and O–H groups in total. The second-order valence-electron chi connectivity index (χ2n) is 3.54. The van der Waals surface area contributed by atoms with Gasteiger partial charge < -0.3 is 5.32 Å². The monoisotopic (exact) mass is 184 g/mol. The normalized spacial score (nSPS) is 11.2. The minimum Gasteiger partial charge on any atom is -0.345 e. The van der Waals surface area contributed by atoms with Gasteiger partial charge in [-0.1, -0.05) is 0 Å². The van der Waals surface area contributed by atoms with E-state index in [-0.39, 0.29) is 11.4 Å². The zero-order chi connectivity index (χ0) is 9.19. The highest BCUT2D eigenvalue weighted by atomic mass is 32.1. The lowest BCUT2D eigenvalue weighted by atomic mass is 10.1. The third kappa shape index (κ3) is 2.62. The van der Waals surface area contributed by atoms with Crippen molar-refractivity contribution in [2.75, 3.05) is 0 Å². The first kappa shape index (κ1) is 9.19. The molecule has 0 saturated heterocycles. The Labute approximate surface area is 75.8 Å². The number of hydrogen-bond donors (Lipinski definition) is 1. The van der Waals surface area contributed by atoms with E-state index in [1.165, 1.54) is 11.3 Å². The van der Waals surface area contributed by atoms with Gasteiger partial charge in [0.2, 0.25) is 0 Å². The van der Waals surface area contributed by atoms with Gasteiger partial charge in [-0.3, -0.25) is 4.79 Å². The number of nitrogens with zero attached hydrogens (tertiary/aromatic N) is 1. The number of hydrogen-bond acceptors (Lipinski definition) is 3. The van der Waals surface area contributed by atoms with E-state index < -0.39 is 0 Å². The summed E-state index contributed by atoms with van der Waals surface area (Å²) in [5, 5.41) is 5.14. The maximum absolute atomic E-state index is 11.4. The minimum atomic E-state index is -0.192. The first-order valence-corrected chi connectivity index (χ1v) is 4.59. The predicted octanol–water partition coefficient (Wildman–Crippen LogP) is 1.67. The molecule has 1 rings (SSSR count). The first-order chi connectivity index (χ1) is 5.49. The van der Waals surface area contributed by atoms with Crippen LogP contribution in [0.2, 0.25) is 0 Å². The molecule has 0 fully saturated rings. The molecule has 0 unspecified atom stereocenters. The Hall–Kier alpha value is -0.900. The van der Waals surface area contributed by atoms with Gasteiger partial charge in [0.1, 0.15) is 0 Å². The van der Waals surface area contributed by atoms with E-state index >= 15 is 0 Å². The number of amides is 1. The van der Waals surface area contributed by atoms with Gasteiger partial charge >= 0.3 is 0 Å². The topological polar surface area (TPSA) is 42.0 Å². The second kappa shape index (κ2) is 3.23. The molecule has 1 aromatic rings. The number of thiazole rings is 1. The molecule has 0 aliphatic heterocycles. The first-order valence-electron chi connectivity index (χ1n) is 3.71. The van der Waals surface area contributed by atoms with Crippen molar-refractivity contribution < 1.29 is 4.79 Å². The molecule has 3 nitrogen and oxygen atoms in total. The van der Waals surface area contributed by atoms with Crippen molar-refractivity contribution in [2.24, 2.45) is 0 Å². The average Bonchev–Trinajstić information content (AvgIpc) is 2.32. The van der Waals surface area contributed by atoms with E-state index in [1.807, 2.05) is 20.8 Å². The Balaban J connectivity index is 2.63. The van der Waals surface area contributed by atoms with Crippen LogP contribution >= 0.6 is 11.3 Å². The maximum atomic E-state index is 11.4. The van der Waals surface area contributed by atoms with Crippen LogP contribution in [0.25, 0.3) is 0 Å². The fourth-order valence-electron chi connectivity index (χ4n) is 0.730. The third-order valence-corrected chi connectivity index (χ3v) is 1.89. The number of rotatable bonds is 1. The van der Waals surface area contributed by atoms with Crippen molar-refractivity contribution in [2.45, 2.75) is 26.3 Å². The molecule has 0 spiro atoms. The molecular weight excluding hydrogens is 172 g/mol. The molecule has 0 radical (unpaired) electrons. The van der Waals surface area contributed by atoms with Crippen LogP contribution < -0.4 is 5.32 Å². The van der Waals surface area contributed by atoms with Crippen molar-refractivity contribution >= 4 is 17.2 Å². The van der Waals surface area contributed by atoms with Crippen LogP contribution in [0.1, 0.15) is 30.6 Å². The summed E-state index contributed by atoms with van der Waals surface area (Å²) in [5.41, 5.74) is -0.192. The highest BCUT2D eigenvalue weighted by Gasteiger charge is 2.16. The summed E-state index contributed by atoms with van der Waals surface area (Å²) in [7, 11) is 0. The molecule has 66 valence electrons. The van der Waals surface area contributed by atoms with E-state index in [9.17, 15) is 4.79 Å². The van der Waals surface area contributed by atoms with Crippen LogP contribution in [0.3, 0.4) is 0 Å². The number of aromatic nitrogens is 1. The van der Waals surface area contributed by atoms with Crippen LogP contribution in [-0.2, 0) is 0 Å². The molecule has 0 bridgehead atoms. The van der Waals surface area contributed by atoms with Crippen LogP contribution in [0.5, 0.6) is 0 Å². The molecular formula is C8H12N2OS. The van der Waals surface area contributed by atoms with Crippen LogP contribution in [-0.4, -0.2) is 16.4 Å². The average molecular weight is 184 g/mol. The Morgan fingerprint density at radius 2 is 2.25 bits per heavy atom. The molecule has 1 amide bonds. The fourth-order valence-corrected chi connectivity index (χ4v) is 1.26. The van der Waals surface area contributed by atoms with E-state index in [0.29, 0.717) is 5.01 Å². The van der Waals surface area contributed by atoms with Crippen molar-refractivity contribution in [3.05, 3.63) is 16.6 Å². The van der Waals surface area contributed by atoms with Gasteiger partial charge in [0.05, 0.1) is 0 Å². The molecule has 0 aliphatic rings. The van der Waals surface area contributed by atoms with Gasteiger partial charge in [0, 0.05) is 17.1 Å². The molecule has 12 heavy (non-hydrogen) atoms. The van der Waals surface area contributed by atoms with Crippen LogP contribution in [0, 0.1) is 0 Å². The Bertz CT molecular complexity index is 261. The maximum Gasteiger partial charge on any atom is 0.280 e. The fraction of sp³-hybridized carbons (Fsp3) is 0.500. The molecule has 0 atom stereocenters. The highest BCUT2D eigenvalue weighted by Crippen LogP contribution is 2.06. The largest absolute Gasteiger partial charge is 0.345 e. The summed E-state index contributed by atoms with van der Waals surface area (Å²) in [6, 6.07) is 0. The zero-order valence-electron chi connectivity index (χ0n) is 7.42. The van der Waals surface area contributed by atoms with Gasteiger partial charge in [-0.15, -0.1) is 11.3 Å². The lowest BCUT2D eigenvalue weighted by Crippen LogP contribution is -2.40. The Morgan fingerprint density at radius 3 is 2.67 bits per heavy atom. The van der Waals surface area contributed by atoms with Crippen molar-refractivity contribution in [1.82, 2.24) is 10.3 Å². The predicted molar refractivity (Wildman–Crippen MR) is 49.3 cm³/mol. The molecule has 0 aliphatic carbocycles. The summed E-state index contributed by atoms with van der Waals surface area (Å²) >= 11 is 1.35. The van der Waals surface area contributed by atoms with Gasteiger partial charge in [-0.2, -0.15) is 0 Å². The SMILES string of the molecule is CC(C)(C)NC(=O)c1nccs1. The Morgan fingerprint density at radius 1 is 1.58 bits per heavy atom. The number of carbonyl (C=O) groups is 1. The smallest absolute Gasteiger partial charge is 0.280 e. The van der Waals surface area contributed by atoms with Gasteiger partial charge in [-0.05, 0) is 20.8 Å². The zero-order valence-corrected chi connectivity index (χ0v) is 8.23. The highest BCUT2D eigenvalue weighted by molar-refractivity contribution is 7.11. The number of carbonyl (C=O) groups excluding carboxylic acids is 1. The van der Waals surface area contributed by atoms with E-state index in [2.05, 4.69) is 10.3 Å². The summed E-state index contributed by atoms with van der Waals surface area (Å²) in [6.07, 6.45) is 1.63. The molecule has 0 aromatic carbocycles. The second-order valence-corrected chi connectivity index (χ2v) is 4.44. The van der Waals surface area contributed by atoms with Crippen molar-refractivity contribution in [3.63, 3.8) is 0 Å². The van der Waals surface area contributed by atoms with E-state index in [0.717, 1.165) is 0 Å². The summed E-state index contributed by atoms with van der Waals surface area (Å²) in [5.74, 6) is -0.0995. The van der Waals surface area contributed by atoms with Crippen LogP contribution in [0.4, 0.5) is 0 Å². The molecule has 0 saturated carbocycles. The molecule has 4 heteroatoms. The number of nitrogens with one attached hydrogen (secondary N) is 1. The summed E-state index contributed by atoms with van der Waals surface area (Å²) in [4.78, 5) is 15.3. The summed E-state index contributed by atoms with van der Waals surface area (Å²) in [6.45, 7) is 5.83. The minimum absolute atomic E-state index is 0.0995. The standard InChI is InChI=1S/C8H12N2OS/c1-8(2,3)10-6(11)7-9-4-5-12-7/h4-5H,1-3H3,(H,10,11). The quantitative estimate of drug-likeness (QED) is 0.721. The van der Waals surface area contributed by atoms with Gasteiger partial charge in [0.15, 0.2) is 5.01 Å². The molecule has 1 heterocycles. The summed E-state index contributed by atoms with van der Waals surface area (Å²) < 4.78 is 0. The Kier molecular flexibility index (Phi) is 2.47. The lowest BCUT2D eigenvalue weighted by molar-refractivity contribution is 0.0919. The van der Waals surface area contributed by atoms with Gasteiger partial charge in [0.25, 0.3) is 5.91 Å². The van der Waals surface area contributed by atoms with E-state index in [4.69, 9.17) is 0 Å². The third-order valence-electron chi connectivity index (χ3n) is 1.12. The van der Waals surface area contributed by atoms with Crippen molar-refractivity contribution in [1.29, 1.82) is 0 Å². The van der Waals surface area contributed by atoms with Crippen molar-refractivity contribution in [3.8, 4) is 0 Å².